The fourth-order valence-electron chi connectivity index (χ4n) is 8.84. The van der Waals surface area contributed by atoms with Gasteiger partial charge >= 0.3 is 11.9 Å². The SMILES string of the molecule is CC(=O)OC[C@]12CC[C@H]3[C@@H](CCC4=CC(=O)C=C[C@@]43C)[C@@H]1CC[C@@H]2[C@H](C)[C@H]1CC[C@H](C)C(=O)O1. The Morgan fingerprint density at radius 1 is 1.15 bits per heavy atom. The van der Waals surface area contributed by atoms with Gasteiger partial charge < -0.3 is 9.47 Å². The molecule has 1 saturated heterocycles. The Kier molecular flexibility index (Phi) is 6.05. The largest absolute Gasteiger partial charge is 0.465 e. The molecule has 3 saturated carbocycles. The summed E-state index contributed by atoms with van der Waals surface area (Å²) in [5.74, 6) is 2.08. The highest BCUT2D eigenvalue weighted by Crippen LogP contribution is 2.67. The van der Waals surface area contributed by atoms with Crippen molar-refractivity contribution in [3.05, 3.63) is 23.8 Å². The zero-order valence-corrected chi connectivity index (χ0v) is 21.2. The van der Waals surface area contributed by atoms with E-state index < -0.39 is 0 Å². The molecule has 34 heavy (non-hydrogen) atoms. The molecular formula is C29H40O5. The van der Waals surface area contributed by atoms with E-state index in [-0.39, 0.29) is 46.5 Å². The molecule has 0 amide bonds. The molecule has 0 aromatic heterocycles. The van der Waals surface area contributed by atoms with Gasteiger partial charge in [0.2, 0.25) is 0 Å². The van der Waals surface area contributed by atoms with Gasteiger partial charge in [0.15, 0.2) is 5.78 Å². The first-order valence-electron chi connectivity index (χ1n) is 13.4. The van der Waals surface area contributed by atoms with E-state index in [1.54, 1.807) is 6.08 Å². The van der Waals surface area contributed by atoms with Crippen LogP contribution in [0, 0.1) is 46.3 Å². The van der Waals surface area contributed by atoms with Crippen molar-refractivity contribution >= 4 is 17.7 Å². The molecule has 186 valence electrons. The zero-order valence-electron chi connectivity index (χ0n) is 21.2. The van der Waals surface area contributed by atoms with Crippen LogP contribution in [0.1, 0.15) is 79.1 Å². The van der Waals surface area contributed by atoms with Crippen molar-refractivity contribution in [3.8, 4) is 0 Å². The van der Waals surface area contributed by atoms with Crippen molar-refractivity contribution in [2.24, 2.45) is 46.3 Å². The van der Waals surface area contributed by atoms with Crippen LogP contribution in [0.5, 0.6) is 0 Å². The number of esters is 2. The van der Waals surface area contributed by atoms with Crippen molar-refractivity contribution in [3.63, 3.8) is 0 Å². The molecule has 0 aromatic rings. The van der Waals surface area contributed by atoms with Gasteiger partial charge in [0.05, 0.1) is 12.5 Å². The van der Waals surface area contributed by atoms with Crippen molar-refractivity contribution < 1.29 is 23.9 Å². The maximum Gasteiger partial charge on any atom is 0.308 e. The highest BCUT2D eigenvalue weighted by molar-refractivity contribution is 6.01. The lowest BCUT2D eigenvalue weighted by Crippen LogP contribution is -2.54. The number of carbonyl (C=O) groups excluding carboxylic acids is 3. The number of hydrogen-bond acceptors (Lipinski definition) is 5. The number of fused-ring (bicyclic) bond motifs is 5. The summed E-state index contributed by atoms with van der Waals surface area (Å²) in [5.41, 5.74) is 1.22. The van der Waals surface area contributed by atoms with Gasteiger partial charge in [0.1, 0.15) is 6.10 Å². The molecule has 9 atom stereocenters. The quantitative estimate of drug-likeness (QED) is 0.515. The van der Waals surface area contributed by atoms with Crippen LogP contribution < -0.4 is 0 Å². The lowest BCUT2D eigenvalue weighted by atomic mass is 9.47. The molecule has 5 rings (SSSR count). The first-order valence-corrected chi connectivity index (χ1v) is 13.4. The Labute approximate surface area is 203 Å². The summed E-state index contributed by atoms with van der Waals surface area (Å²) in [4.78, 5) is 36.4. The highest BCUT2D eigenvalue weighted by Gasteiger charge is 2.62. The van der Waals surface area contributed by atoms with E-state index in [9.17, 15) is 14.4 Å². The number of carbonyl (C=O) groups is 3. The predicted octanol–water partition coefficient (Wildman–Crippen LogP) is 5.43. The van der Waals surface area contributed by atoms with Crippen LogP contribution >= 0.6 is 0 Å². The molecule has 0 spiro atoms. The molecule has 5 nitrogen and oxygen atoms in total. The topological polar surface area (TPSA) is 69.7 Å². The molecule has 1 aliphatic heterocycles. The summed E-state index contributed by atoms with van der Waals surface area (Å²) in [7, 11) is 0. The molecule has 4 aliphatic carbocycles. The molecule has 0 bridgehead atoms. The molecular weight excluding hydrogens is 428 g/mol. The number of allylic oxidation sites excluding steroid dienone is 4. The van der Waals surface area contributed by atoms with Crippen molar-refractivity contribution in [2.45, 2.75) is 85.2 Å². The molecule has 0 N–H and O–H groups in total. The van der Waals surface area contributed by atoms with Gasteiger partial charge in [0, 0.05) is 17.8 Å². The van der Waals surface area contributed by atoms with Crippen molar-refractivity contribution in [1.29, 1.82) is 0 Å². The van der Waals surface area contributed by atoms with Crippen LogP contribution in [0.3, 0.4) is 0 Å². The summed E-state index contributed by atoms with van der Waals surface area (Å²) < 4.78 is 11.7. The molecule has 4 fully saturated rings. The summed E-state index contributed by atoms with van der Waals surface area (Å²) in [6, 6.07) is 0. The number of rotatable bonds is 4. The summed E-state index contributed by atoms with van der Waals surface area (Å²) in [5, 5.41) is 0. The van der Waals surface area contributed by atoms with E-state index >= 15 is 0 Å². The van der Waals surface area contributed by atoms with Crippen LogP contribution in [-0.4, -0.2) is 30.4 Å². The van der Waals surface area contributed by atoms with Gasteiger partial charge in [-0.05, 0) is 93.1 Å². The van der Waals surface area contributed by atoms with E-state index in [0.29, 0.717) is 30.3 Å². The van der Waals surface area contributed by atoms with Crippen LogP contribution in [0.15, 0.2) is 23.8 Å². The molecule has 1 heterocycles. The van der Waals surface area contributed by atoms with Crippen molar-refractivity contribution in [1.82, 2.24) is 0 Å². The van der Waals surface area contributed by atoms with Crippen LogP contribution in [0.25, 0.3) is 0 Å². The van der Waals surface area contributed by atoms with E-state index in [2.05, 4.69) is 19.9 Å². The fourth-order valence-corrected chi connectivity index (χ4v) is 8.84. The lowest BCUT2D eigenvalue weighted by molar-refractivity contribution is -0.169. The van der Waals surface area contributed by atoms with Gasteiger partial charge in [-0.15, -0.1) is 0 Å². The van der Waals surface area contributed by atoms with Crippen LogP contribution in [-0.2, 0) is 23.9 Å². The van der Waals surface area contributed by atoms with Gasteiger partial charge in [-0.3, -0.25) is 14.4 Å². The minimum absolute atomic E-state index is 0.00844. The van der Waals surface area contributed by atoms with Crippen molar-refractivity contribution in [2.75, 3.05) is 6.61 Å². The highest BCUT2D eigenvalue weighted by atomic mass is 16.5. The second-order valence-electron chi connectivity index (χ2n) is 12.2. The first-order chi connectivity index (χ1) is 16.2. The third kappa shape index (κ3) is 3.69. The smallest absolute Gasteiger partial charge is 0.308 e. The Morgan fingerprint density at radius 2 is 1.94 bits per heavy atom. The third-order valence-corrected chi connectivity index (χ3v) is 10.7. The predicted molar refractivity (Wildman–Crippen MR) is 129 cm³/mol. The van der Waals surface area contributed by atoms with Crippen LogP contribution in [0.2, 0.25) is 0 Å². The lowest BCUT2D eigenvalue weighted by Gasteiger charge is -2.58. The number of hydrogen-bond donors (Lipinski definition) is 0. The Balaban J connectivity index is 1.44. The Bertz CT molecular complexity index is 933. The van der Waals surface area contributed by atoms with Gasteiger partial charge in [-0.25, -0.2) is 0 Å². The summed E-state index contributed by atoms with van der Waals surface area (Å²) >= 11 is 0. The Morgan fingerprint density at radius 3 is 2.68 bits per heavy atom. The standard InChI is InChI=1S/C29H40O5/c1-17-5-10-26(34-27(17)32)18(2)23-8-9-25-22-7-6-20-15-21(31)11-13-28(20,4)24(22)12-14-29(23,25)16-33-19(3)30/h11,13,15,17-18,22-26H,5-10,12,14,16H2,1-4H3/t17-,18-,22+,23+,24-,25-,26+,28-,29-/m0/s1. The second kappa shape index (κ2) is 8.64. The summed E-state index contributed by atoms with van der Waals surface area (Å²) in [6.45, 7) is 8.54. The van der Waals surface area contributed by atoms with Gasteiger partial charge in [-0.1, -0.05) is 32.4 Å². The summed E-state index contributed by atoms with van der Waals surface area (Å²) in [6.07, 6.45) is 14.1. The second-order valence-corrected chi connectivity index (χ2v) is 12.2. The fraction of sp³-hybridized carbons (Fsp3) is 0.759. The number of ketones is 1. The van der Waals surface area contributed by atoms with E-state index in [1.165, 1.54) is 12.5 Å². The maximum absolute atomic E-state index is 12.4. The zero-order chi connectivity index (χ0) is 24.3. The normalized spacial score (nSPS) is 44.3. The molecule has 5 heteroatoms. The third-order valence-electron chi connectivity index (χ3n) is 10.7. The minimum atomic E-state index is -0.207. The molecule has 0 unspecified atom stereocenters. The van der Waals surface area contributed by atoms with E-state index in [4.69, 9.17) is 9.47 Å². The minimum Gasteiger partial charge on any atom is -0.465 e. The molecule has 5 aliphatic rings. The Hall–Kier alpha value is -1.91. The van der Waals surface area contributed by atoms with E-state index in [0.717, 1.165) is 51.4 Å². The monoisotopic (exact) mass is 468 g/mol. The average Bonchev–Trinajstić information content (AvgIpc) is 3.19. The van der Waals surface area contributed by atoms with E-state index in [1.807, 2.05) is 13.0 Å². The van der Waals surface area contributed by atoms with Crippen LogP contribution in [0.4, 0.5) is 0 Å². The van der Waals surface area contributed by atoms with Gasteiger partial charge in [0.25, 0.3) is 0 Å². The maximum atomic E-state index is 12.4. The molecule has 0 radical (unpaired) electrons. The number of ether oxygens (including phenoxy) is 2. The van der Waals surface area contributed by atoms with Gasteiger partial charge in [-0.2, -0.15) is 0 Å². The average molecular weight is 469 g/mol. The first kappa shape index (κ1) is 23.8. The molecule has 0 aromatic carbocycles. The number of cyclic esters (lactones) is 1.